The molecule has 0 saturated carbocycles. The average molecular weight is 370 g/mol. The van der Waals surface area contributed by atoms with Crippen LogP contribution < -0.4 is 10.2 Å². The monoisotopic (exact) mass is 370 g/mol. The smallest absolute Gasteiger partial charge is 0.225 e. The van der Waals surface area contributed by atoms with Crippen LogP contribution in [0.1, 0.15) is 39.5 Å². The molecule has 0 bridgehead atoms. The Bertz CT molecular complexity index is 748. The summed E-state index contributed by atoms with van der Waals surface area (Å²) < 4.78 is 13.1. The number of nitrogens with one attached hydrogen (secondary N) is 1. The van der Waals surface area contributed by atoms with E-state index < -0.39 is 0 Å². The van der Waals surface area contributed by atoms with Crippen LogP contribution in [-0.2, 0) is 4.79 Å². The van der Waals surface area contributed by atoms with Crippen LogP contribution in [0.2, 0.25) is 0 Å². The Balaban J connectivity index is 1.64. The lowest BCUT2D eigenvalue weighted by Crippen LogP contribution is -2.45. The molecule has 6 heteroatoms. The standard InChI is InChI=1S/C21H27FN4O/c1-3-5-15(2)23-21(27)17-6-4-13-26(14-17)20-12-11-19(24-25-20)16-7-9-18(22)10-8-16/h7-12,15,17H,3-6,13-14H2,1-2H3,(H,23,27). The second-order valence-electron chi connectivity index (χ2n) is 7.27. The molecule has 144 valence electrons. The lowest BCUT2D eigenvalue weighted by molar-refractivity contribution is -0.125. The van der Waals surface area contributed by atoms with Crippen molar-refractivity contribution < 1.29 is 9.18 Å². The first kappa shape index (κ1) is 19.3. The molecule has 5 nitrogen and oxygen atoms in total. The fourth-order valence-electron chi connectivity index (χ4n) is 3.53. The van der Waals surface area contributed by atoms with E-state index in [2.05, 4.69) is 34.3 Å². The van der Waals surface area contributed by atoms with E-state index in [-0.39, 0.29) is 23.7 Å². The Morgan fingerprint density at radius 1 is 1.26 bits per heavy atom. The SMILES string of the molecule is CCCC(C)NC(=O)C1CCCN(c2ccc(-c3ccc(F)cc3)nn2)C1. The van der Waals surface area contributed by atoms with Crippen molar-refractivity contribution in [2.45, 2.75) is 45.6 Å². The van der Waals surface area contributed by atoms with Gasteiger partial charge in [-0.05, 0) is 62.6 Å². The lowest BCUT2D eigenvalue weighted by Gasteiger charge is -2.33. The van der Waals surface area contributed by atoms with Crippen molar-refractivity contribution in [3.05, 3.63) is 42.2 Å². The van der Waals surface area contributed by atoms with Crippen LogP contribution in [0.15, 0.2) is 36.4 Å². The minimum atomic E-state index is -0.269. The average Bonchev–Trinajstić information content (AvgIpc) is 2.69. The molecule has 1 aliphatic heterocycles. The van der Waals surface area contributed by atoms with Crippen molar-refractivity contribution in [2.75, 3.05) is 18.0 Å². The number of halogens is 1. The van der Waals surface area contributed by atoms with E-state index in [1.165, 1.54) is 12.1 Å². The highest BCUT2D eigenvalue weighted by molar-refractivity contribution is 5.79. The van der Waals surface area contributed by atoms with Crippen LogP contribution >= 0.6 is 0 Å². The molecule has 1 aromatic carbocycles. The number of aromatic nitrogens is 2. The molecular weight excluding hydrogens is 343 g/mol. The Morgan fingerprint density at radius 2 is 2.04 bits per heavy atom. The molecule has 2 heterocycles. The van der Waals surface area contributed by atoms with Crippen LogP contribution in [0.5, 0.6) is 0 Å². The van der Waals surface area contributed by atoms with Gasteiger partial charge in [0.1, 0.15) is 5.82 Å². The van der Waals surface area contributed by atoms with E-state index in [0.717, 1.165) is 43.6 Å². The number of rotatable bonds is 6. The van der Waals surface area contributed by atoms with Gasteiger partial charge < -0.3 is 10.2 Å². The zero-order chi connectivity index (χ0) is 19.2. The van der Waals surface area contributed by atoms with Crippen molar-refractivity contribution in [3.63, 3.8) is 0 Å². The first-order valence-corrected chi connectivity index (χ1v) is 9.71. The van der Waals surface area contributed by atoms with Crippen molar-refractivity contribution in [2.24, 2.45) is 5.92 Å². The number of benzene rings is 1. The van der Waals surface area contributed by atoms with Gasteiger partial charge in [0.05, 0.1) is 11.6 Å². The molecule has 1 aliphatic rings. The number of carbonyl (C=O) groups excluding carboxylic acids is 1. The summed E-state index contributed by atoms with van der Waals surface area (Å²) in [4.78, 5) is 14.6. The van der Waals surface area contributed by atoms with Crippen LogP contribution in [0, 0.1) is 11.7 Å². The van der Waals surface area contributed by atoms with Gasteiger partial charge in [0.25, 0.3) is 0 Å². The van der Waals surface area contributed by atoms with Gasteiger partial charge in [0, 0.05) is 24.7 Å². The van der Waals surface area contributed by atoms with Crippen molar-refractivity contribution >= 4 is 11.7 Å². The van der Waals surface area contributed by atoms with E-state index in [1.807, 2.05) is 12.1 Å². The second-order valence-corrected chi connectivity index (χ2v) is 7.27. The first-order chi connectivity index (χ1) is 13.1. The van der Waals surface area contributed by atoms with Gasteiger partial charge >= 0.3 is 0 Å². The predicted molar refractivity (Wildman–Crippen MR) is 105 cm³/mol. The van der Waals surface area contributed by atoms with Gasteiger partial charge in [-0.25, -0.2) is 4.39 Å². The Labute approximate surface area is 160 Å². The normalized spacial score (nSPS) is 18.2. The molecule has 1 N–H and O–H groups in total. The van der Waals surface area contributed by atoms with E-state index in [0.29, 0.717) is 12.2 Å². The molecule has 27 heavy (non-hydrogen) atoms. The highest BCUT2D eigenvalue weighted by atomic mass is 19.1. The molecule has 3 rings (SSSR count). The topological polar surface area (TPSA) is 58.1 Å². The molecular formula is C21H27FN4O. The highest BCUT2D eigenvalue weighted by Gasteiger charge is 2.27. The van der Waals surface area contributed by atoms with Gasteiger partial charge in [-0.15, -0.1) is 10.2 Å². The van der Waals surface area contributed by atoms with Crippen LogP contribution in [0.4, 0.5) is 10.2 Å². The Kier molecular flexibility index (Phi) is 6.37. The fourth-order valence-corrected chi connectivity index (χ4v) is 3.53. The third-order valence-electron chi connectivity index (χ3n) is 5.02. The summed E-state index contributed by atoms with van der Waals surface area (Å²) in [5, 5.41) is 11.7. The van der Waals surface area contributed by atoms with Gasteiger partial charge in [0.15, 0.2) is 5.82 Å². The molecule has 1 amide bonds. The number of hydrogen-bond donors (Lipinski definition) is 1. The van der Waals surface area contributed by atoms with Crippen molar-refractivity contribution in [1.82, 2.24) is 15.5 Å². The molecule has 2 unspecified atom stereocenters. The van der Waals surface area contributed by atoms with Gasteiger partial charge in [-0.1, -0.05) is 13.3 Å². The Hall–Kier alpha value is -2.50. The molecule has 0 radical (unpaired) electrons. The van der Waals surface area contributed by atoms with Gasteiger partial charge in [-0.2, -0.15) is 0 Å². The summed E-state index contributed by atoms with van der Waals surface area (Å²) in [7, 11) is 0. The van der Waals surface area contributed by atoms with Crippen LogP contribution in [0.3, 0.4) is 0 Å². The summed E-state index contributed by atoms with van der Waals surface area (Å²) in [6.45, 7) is 5.72. The molecule has 2 aromatic rings. The number of anilines is 1. The first-order valence-electron chi connectivity index (χ1n) is 9.71. The minimum absolute atomic E-state index is 0.0170. The molecule has 0 spiro atoms. The summed E-state index contributed by atoms with van der Waals surface area (Å²) in [6.07, 6.45) is 3.93. The van der Waals surface area contributed by atoms with Crippen molar-refractivity contribution in [1.29, 1.82) is 0 Å². The van der Waals surface area contributed by atoms with Crippen LogP contribution in [-0.4, -0.2) is 35.2 Å². The molecule has 2 atom stereocenters. The van der Waals surface area contributed by atoms with E-state index in [1.54, 1.807) is 12.1 Å². The predicted octanol–water partition coefficient (Wildman–Crippen LogP) is 3.80. The maximum Gasteiger partial charge on any atom is 0.225 e. The number of piperidine rings is 1. The molecule has 1 aromatic heterocycles. The lowest BCUT2D eigenvalue weighted by atomic mass is 9.96. The number of amides is 1. The van der Waals surface area contributed by atoms with E-state index in [4.69, 9.17) is 0 Å². The fraction of sp³-hybridized carbons (Fsp3) is 0.476. The Morgan fingerprint density at radius 3 is 2.70 bits per heavy atom. The number of carbonyl (C=O) groups is 1. The molecule has 0 aliphatic carbocycles. The summed E-state index contributed by atoms with van der Waals surface area (Å²) in [5.41, 5.74) is 1.54. The van der Waals surface area contributed by atoms with Crippen molar-refractivity contribution in [3.8, 4) is 11.3 Å². The van der Waals surface area contributed by atoms with Gasteiger partial charge in [-0.3, -0.25) is 4.79 Å². The third-order valence-corrected chi connectivity index (χ3v) is 5.02. The summed E-state index contributed by atoms with van der Waals surface area (Å²) in [5.74, 6) is 0.627. The zero-order valence-corrected chi connectivity index (χ0v) is 16.0. The molecule has 1 fully saturated rings. The zero-order valence-electron chi connectivity index (χ0n) is 16.0. The van der Waals surface area contributed by atoms with Gasteiger partial charge in [0.2, 0.25) is 5.91 Å². The maximum absolute atomic E-state index is 13.1. The largest absolute Gasteiger partial charge is 0.354 e. The summed E-state index contributed by atoms with van der Waals surface area (Å²) in [6, 6.07) is 10.2. The quantitative estimate of drug-likeness (QED) is 0.840. The maximum atomic E-state index is 13.1. The minimum Gasteiger partial charge on any atom is -0.354 e. The number of hydrogen-bond acceptors (Lipinski definition) is 4. The van der Waals surface area contributed by atoms with E-state index >= 15 is 0 Å². The second kappa shape index (κ2) is 8.93. The van der Waals surface area contributed by atoms with Crippen LogP contribution in [0.25, 0.3) is 11.3 Å². The van der Waals surface area contributed by atoms with E-state index in [9.17, 15) is 9.18 Å². The number of nitrogens with zero attached hydrogens (tertiary/aromatic N) is 3. The highest BCUT2D eigenvalue weighted by Crippen LogP contribution is 2.23. The molecule has 1 saturated heterocycles. The summed E-state index contributed by atoms with van der Waals surface area (Å²) >= 11 is 0. The third kappa shape index (κ3) is 5.02.